The second kappa shape index (κ2) is 8.15. The van der Waals surface area contributed by atoms with E-state index in [1.807, 2.05) is 6.92 Å². The van der Waals surface area contributed by atoms with Gasteiger partial charge in [0, 0.05) is 27.1 Å². The highest BCUT2D eigenvalue weighted by Gasteiger charge is 2.26. The third kappa shape index (κ3) is 5.19. The smallest absolute Gasteiger partial charge is 0.251 e. The van der Waals surface area contributed by atoms with Crippen molar-refractivity contribution in [1.29, 1.82) is 0 Å². The SMILES string of the molecule is CC[C@H](OC1CCCC1)C(=O)N(C)CCC(=O)NC. The summed E-state index contributed by atoms with van der Waals surface area (Å²) >= 11 is 0. The Balaban J connectivity index is 2.40. The quantitative estimate of drug-likeness (QED) is 0.759. The zero-order valence-corrected chi connectivity index (χ0v) is 12.3. The van der Waals surface area contributed by atoms with Gasteiger partial charge in [0.2, 0.25) is 5.91 Å². The molecule has 0 radical (unpaired) electrons. The van der Waals surface area contributed by atoms with E-state index < -0.39 is 0 Å². The van der Waals surface area contributed by atoms with E-state index in [0.717, 1.165) is 12.8 Å². The summed E-state index contributed by atoms with van der Waals surface area (Å²) in [4.78, 5) is 25.0. The molecule has 0 bridgehead atoms. The molecule has 19 heavy (non-hydrogen) atoms. The number of likely N-dealkylation sites (N-methyl/N-ethyl adjacent to an activating group) is 1. The van der Waals surface area contributed by atoms with Crippen molar-refractivity contribution in [3.05, 3.63) is 0 Å². The van der Waals surface area contributed by atoms with Crippen LogP contribution in [0.4, 0.5) is 0 Å². The molecule has 110 valence electrons. The fourth-order valence-electron chi connectivity index (χ4n) is 2.34. The number of hydrogen-bond acceptors (Lipinski definition) is 3. The fraction of sp³-hybridized carbons (Fsp3) is 0.857. The van der Waals surface area contributed by atoms with E-state index in [0.29, 0.717) is 19.4 Å². The Bertz CT molecular complexity index is 301. The molecular formula is C14H26N2O3. The van der Waals surface area contributed by atoms with Gasteiger partial charge in [-0.1, -0.05) is 19.8 Å². The van der Waals surface area contributed by atoms with Crippen LogP contribution in [0.1, 0.15) is 45.4 Å². The summed E-state index contributed by atoms with van der Waals surface area (Å²) in [7, 11) is 3.33. The van der Waals surface area contributed by atoms with Crippen LogP contribution in [0.15, 0.2) is 0 Å². The fourth-order valence-corrected chi connectivity index (χ4v) is 2.34. The maximum atomic E-state index is 12.2. The molecule has 1 aliphatic rings. The Morgan fingerprint density at radius 1 is 1.37 bits per heavy atom. The van der Waals surface area contributed by atoms with Crippen molar-refractivity contribution in [2.24, 2.45) is 0 Å². The first-order valence-electron chi connectivity index (χ1n) is 7.19. The van der Waals surface area contributed by atoms with E-state index in [9.17, 15) is 9.59 Å². The van der Waals surface area contributed by atoms with Gasteiger partial charge in [-0.05, 0) is 19.3 Å². The van der Waals surface area contributed by atoms with Crippen LogP contribution < -0.4 is 5.32 Å². The van der Waals surface area contributed by atoms with Gasteiger partial charge < -0.3 is 15.0 Å². The molecule has 1 N–H and O–H groups in total. The summed E-state index contributed by atoms with van der Waals surface area (Å²) in [5, 5.41) is 2.55. The predicted octanol–water partition coefficient (Wildman–Crippen LogP) is 1.32. The van der Waals surface area contributed by atoms with E-state index in [-0.39, 0.29) is 24.0 Å². The highest BCUT2D eigenvalue weighted by atomic mass is 16.5. The molecule has 1 saturated carbocycles. The Labute approximate surface area is 115 Å². The Hall–Kier alpha value is -1.10. The van der Waals surface area contributed by atoms with Crippen LogP contribution in [0.2, 0.25) is 0 Å². The Morgan fingerprint density at radius 2 is 2.00 bits per heavy atom. The largest absolute Gasteiger partial charge is 0.365 e. The Kier molecular flexibility index (Phi) is 6.84. The lowest BCUT2D eigenvalue weighted by Gasteiger charge is -2.25. The maximum absolute atomic E-state index is 12.2. The van der Waals surface area contributed by atoms with Crippen molar-refractivity contribution in [2.75, 3.05) is 20.6 Å². The first-order chi connectivity index (χ1) is 9.08. The molecule has 1 rings (SSSR count). The van der Waals surface area contributed by atoms with Gasteiger partial charge in [0.25, 0.3) is 5.91 Å². The molecule has 1 fully saturated rings. The summed E-state index contributed by atoms with van der Waals surface area (Å²) in [6.07, 6.45) is 5.40. The van der Waals surface area contributed by atoms with E-state index in [4.69, 9.17) is 4.74 Å². The second-order valence-electron chi connectivity index (χ2n) is 5.12. The van der Waals surface area contributed by atoms with Crippen molar-refractivity contribution >= 4 is 11.8 Å². The predicted molar refractivity (Wildman–Crippen MR) is 73.7 cm³/mol. The second-order valence-corrected chi connectivity index (χ2v) is 5.12. The van der Waals surface area contributed by atoms with E-state index in [1.165, 1.54) is 12.8 Å². The molecule has 0 aromatic heterocycles. The summed E-state index contributed by atoms with van der Waals surface area (Å²) in [6, 6.07) is 0. The zero-order chi connectivity index (χ0) is 14.3. The van der Waals surface area contributed by atoms with Crippen LogP contribution in [0, 0.1) is 0 Å². The van der Waals surface area contributed by atoms with Crippen molar-refractivity contribution in [3.63, 3.8) is 0 Å². The van der Waals surface area contributed by atoms with Gasteiger partial charge >= 0.3 is 0 Å². The van der Waals surface area contributed by atoms with Gasteiger partial charge in [-0.2, -0.15) is 0 Å². The average Bonchev–Trinajstić information content (AvgIpc) is 2.93. The lowest BCUT2D eigenvalue weighted by Crippen LogP contribution is -2.40. The van der Waals surface area contributed by atoms with Gasteiger partial charge in [0.05, 0.1) is 6.10 Å². The lowest BCUT2D eigenvalue weighted by atomic mass is 10.2. The van der Waals surface area contributed by atoms with Crippen LogP contribution in [0.25, 0.3) is 0 Å². The first kappa shape index (κ1) is 16.0. The van der Waals surface area contributed by atoms with Gasteiger partial charge in [-0.15, -0.1) is 0 Å². The van der Waals surface area contributed by atoms with Crippen molar-refractivity contribution < 1.29 is 14.3 Å². The van der Waals surface area contributed by atoms with Gasteiger partial charge in [0.1, 0.15) is 6.10 Å². The number of ether oxygens (including phenoxy) is 1. The molecule has 0 aromatic carbocycles. The van der Waals surface area contributed by atoms with E-state index >= 15 is 0 Å². The minimum absolute atomic E-state index is 0.0155. The number of hydrogen-bond donors (Lipinski definition) is 1. The van der Waals surface area contributed by atoms with Crippen LogP contribution in [0.5, 0.6) is 0 Å². The maximum Gasteiger partial charge on any atom is 0.251 e. The summed E-state index contributed by atoms with van der Waals surface area (Å²) in [5.41, 5.74) is 0. The molecule has 5 nitrogen and oxygen atoms in total. The highest BCUT2D eigenvalue weighted by Crippen LogP contribution is 2.23. The van der Waals surface area contributed by atoms with Crippen LogP contribution in [-0.2, 0) is 14.3 Å². The molecule has 0 spiro atoms. The minimum atomic E-state index is -0.363. The van der Waals surface area contributed by atoms with Crippen LogP contribution in [-0.4, -0.2) is 49.6 Å². The molecule has 5 heteroatoms. The van der Waals surface area contributed by atoms with E-state index in [1.54, 1.807) is 19.0 Å². The molecule has 1 atom stereocenters. The molecule has 0 aliphatic heterocycles. The standard InChI is InChI=1S/C14H26N2O3/c1-4-12(19-11-7-5-6-8-11)14(18)16(3)10-9-13(17)15-2/h11-12H,4-10H2,1-3H3,(H,15,17)/t12-/m0/s1. The lowest BCUT2D eigenvalue weighted by molar-refractivity contribution is -0.146. The highest BCUT2D eigenvalue weighted by molar-refractivity contribution is 5.81. The molecular weight excluding hydrogens is 244 g/mol. The molecule has 0 unspecified atom stereocenters. The number of nitrogens with zero attached hydrogens (tertiary/aromatic N) is 1. The van der Waals surface area contributed by atoms with Crippen LogP contribution in [0.3, 0.4) is 0 Å². The summed E-state index contributed by atoms with van der Waals surface area (Å²) in [6.45, 7) is 2.40. The summed E-state index contributed by atoms with van der Waals surface area (Å²) in [5.74, 6) is -0.0669. The Morgan fingerprint density at radius 3 is 2.53 bits per heavy atom. The molecule has 1 aliphatic carbocycles. The topological polar surface area (TPSA) is 58.6 Å². The van der Waals surface area contributed by atoms with Gasteiger partial charge in [0.15, 0.2) is 0 Å². The minimum Gasteiger partial charge on any atom is -0.365 e. The van der Waals surface area contributed by atoms with E-state index in [2.05, 4.69) is 5.32 Å². The molecule has 0 heterocycles. The van der Waals surface area contributed by atoms with Gasteiger partial charge in [-0.25, -0.2) is 0 Å². The number of carbonyl (C=O) groups is 2. The first-order valence-corrected chi connectivity index (χ1v) is 7.19. The number of rotatable bonds is 7. The molecule has 0 saturated heterocycles. The zero-order valence-electron chi connectivity index (χ0n) is 12.3. The average molecular weight is 270 g/mol. The van der Waals surface area contributed by atoms with Crippen molar-refractivity contribution in [1.82, 2.24) is 10.2 Å². The van der Waals surface area contributed by atoms with Crippen molar-refractivity contribution in [3.8, 4) is 0 Å². The number of nitrogens with one attached hydrogen (secondary N) is 1. The summed E-state index contributed by atoms with van der Waals surface area (Å²) < 4.78 is 5.88. The van der Waals surface area contributed by atoms with Crippen LogP contribution >= 0.6 is 0 Å². The monoisotopic (exact) mass is 270 g/mol. The van der Waals surface area contributed by atoms with Crippen molar-refractivity contribution in [2.45, 2.75) is 57.7 Å². The molecule has 2 amide bonds. The number of carbonyl (C=O) groups excluding carboxylic acids is 2. The molecule has 0 aromatic rings. The third-order valence-electron chi connectivity index (χ3n) is 3.63. The number of amides is 2. The normalized spacial score (nSPS) is 17.2. The third-order valence-corrected chi connectivity index (χ3v) is 3.63. The van der Waals surface area contributed by atoms with Gasteiger partial charge in [-0.3, -0.25) is 9.59 Å².